The summed E-state index contributed by atoms with van der Waals surface area (Å²) < 4.78 is 7.34. The minimum Gasteiger partial charge on any atom is -0.448 e. The molecule has 0 saturated heterocycles. The quantitative estimate of drug-likeness (QED) is 0.321. The molecule has 31 heavy (non-hydrogen) atoms. The van der Waals surface area contributed by atoms with Crippen molar-refractivity contribution >= 4 is 23.5 Å². The standard InChI is InChI=1S/C23H21N5O2S/c29-23(25-20-11-5-2-6-12-20)30-14-15-31-22-27-26-21(19-10-7-13-24-16-19)28(22)17-18-8-3-1-4-9-18/h1-13,16H,14-15,17H2,(H,25,29). The largest absolute Gasteiger partial charge is 0.448 e. The fraction of sp³-hybridized carbons (Fsp3) is 0.130. The van der Waals surface area contributed by atoms with Gasteiger partial charge in [0.25, 0.3) is 0 Å². The minimum atomic E-state index is -0.478. The second-order valence-corrected chi connectivity index (χ2v) is 7.66. The van der Waals surface area contributed by atoms with Crippen LogP contribution in [-0.4, -0.2) is 38.2 Å². The lowest BCUT2D eigenvalue weighted by Gasteiger charge is -2.11. The van der Waals surface area contributed by atoms with E-state index in [1.807, 2.05) is 60.7 Å². The Bertz CT molecular complexity index is 1100. The molecule has 0 radical (unpaired) electrons. The first-order valence-corrected chi connectivity index (χ1v) is 10.8. The summed E-state index contributed by atoms with van der Waals surface area (Å²) in [7, 11) is 0. The van der Waals surface area contributed by atoms with E-state index in [0.717, 1.165) is 22.1 Å². The zero-order valence-corrected chi connectivity index (χ0v) is 17.5. The third-order valence-electron chi connectivity index (χ3n) is 4.39. The van der Waals surface area contributed by atoms with Crippen LogP contribution in [-0.2, 0) is 11.3 Å². The van der Waals surface area contributed by atoms with Crippen LogP contribution in [0, 0.1) is 0 Å². The monoisotopic (exact) mass is 431 g/mol. The van der Waals surface area contributed by atoms with E-state index in [4.69, 9.17) is 4.74 Å². The van der Waals surface area contributed by atoms with Gasteiger partial charge in [-0.3, -0.25) is 14.9 Å². The van der Waals surface area contributed by atoms with Crippen LogP contribution in [0.3, 0.4) is 0 Å². The average molecular weight is 432 g/mol. The SMILES string of the molecule is O=C(Nc1ccccc1)OCCSc1nnc(-c2cccnc2)n1Cc1ccccc1. The number of benzene rings is 2. The Morgan fingerprint density at radius 2 is 1.74 bits per heavy atom. The summed E-state index contributed by atoms with van der Waals surface area (Å²) in [5, 5.41) is 12.2. The summed E-state index contributed by atoms with van der Waals surface area (Å²) in [6.07, 6.45) is 3.03. The molecule has 0 saturated carbocycles. The summed E-state index contributed by atoms with van der Waals surface area (Å²) in [4.78, 5) is 16.1. The Morgan fingerprint density at radius 3 is 2.48 bits per heavy atom. The maximum atomic E-state index is 11.9. The molecule has 4 aromatic rings. The lowest BCUT2D eigenvalue weighted by atomic mass is 10.2. The van der Waals surface area contributed by atoms with Gasteiger partial charge in [-0.15, -0.1) is 10.2 Å². The molecule has 4 rings (SSSR count). The molecule has 0 spiro atoms. The number of nitrogens with one attached hydrogen (secondary N) is 1. The Morgan fingerprint density at radius 1 is 0.968 bits per heavy atom. The van der Waals surface area contributed by atoms with Crippen molar-refractivity contribution in [1.82, 2.24) is 19.7 Å². The molecule has 0 fully saturated rings. The second-order valence-electron chi connectivity index (χ2n) is 6.60. The van der Waals surface area contributed by atoms with Gasteiger partial charge in [0.2, 0.25) is 0 Å². The number of amides is 1. The smallest absolute Gasteiger partial charge is 0.411 e. The van der Waals surface area contributed by atoms with Crippen molar-refractivity contribution in [3.05, 3.63) is 90.8 Å². The molecule has 2 aromatic carbocycles. The topological polar surface area (TPSA) is 81.9 Å². The van der Waals surface area contributed by atoms with E-state index in [9.17, 15) is 4.79 Å². The van der Waals surface area contributed by atoms with E-state index in [2.05, 4.69) is 37.2 Å². The molecule has 0 bridgehead atoms. The van der Waals surface area contributed by atoms with Crippen molar-refractivity contribution in [3.8, 4) is 11.4 Å². The lowest BCUT2D eigenvalue weighted by molar-refractivity contribution is 0.169. The Labute approximate surface area is 184 Å². The number of carbonyl (C=O) groups is 1. The first kappa shape index (κ1) is 20.6. The molecule has 8 heteroatoms. The van der Waals surface area contributed by atoms with E-state index < -0.39 is 6.09 Å². The second kappa shape index (κ2) is 10.4. The van der Waals surface area contributed by atoms with E-state index in [-0.39, 0.29) is 6.61 Å². The van der Waals surface area contributed by atoms with Crippen LogP contribution in [0.2, 0.25) is 0 Å². The molecule has 0 aliphatic carbocycles. The number of nitrogens with zero attached hydrogens (tertiary/aromatic N) is 4. The predicted octanol–water partition coefficient (Wildman–Crippen LogP) is 4.73. The Hall–Kier alpha value is -3.65. The highest BCUT2D eigenvalue weighted by Gasteiger charge is 2.15. The Balaban J connectivity index is 1.40. The third kappa shape index (κ3) is 5.70. The molecule has 7 nitrogen and oxygen atoms in total. The van der Waals surface area contributed by atoms with Gasteiger partial charge >= 0.3 is 6.09 Å². The number of pyridine rings is 1. The molecule has 2 aromatic heterocycles. The molecule has 2 heterocycles. The van der Waals surface area contributed by atoms with Gasteiger partial charge in [-0.2, -0.15) is 0 Å². The van der Waals surface area contributed by atoms with Crippen molar-refractivity contribution in [2.24, 2.45) is 0 Å². The summed E-state index contributed by atoms with van der Waals surface area (Å²) in [5.41, 5.74) is 2.74. The average Bonchev–Trinajstić information content (AvgIpc) is 3.21. The van der Waals surface area contributed by atoms with Crippen LogP contribution >= 0.6 is 11.8 Å². The number of rotatable bonds is 8. The molecule has 0 atom stereocenters. The fourth-order valence-electron chi connectivity index (χ4n) is 2.96. The van der Waals surface area contributed by atoms with Crippen LogP contribution in [0.5, 0.6) is 0 Å². The lowest BCUT2D eigenvalue weighted by Crippen LogP contribution is -2.15. The number of ether oxygens (including phenoxy) is 1. The van der Waals surface area contributed by atoms with Crippen molar-refractivity contribution in [3.63, 3.8) is 0 Å². The predicted molar refractivity (Wildman–Crippen MR) is 121 cm³/mol. The third-order valence-corrected chi connectivity index (χ3v) is 5.32. The molecule has 0 unspecified atom stereocenters. The number of aromatic nitrogens is 4. The number of hydrogen-bond acceptors (Lipinski definition) is 6. The van der Waals surface area contributed by atoms with Crippen LogP contribution in [0.25, 0.3) is 11.4 Å². The van der Waals surface area contributed by atoms with Crippen molar-refractivity contribution in [2.45, 2.75) is 11.7 Å². The first-order valence-electron chi connectivity index (χ1n) is 9.79. The Kier molecular flexibility index (Phi) is 6.92. The van der Waals surface area contributed by atoms with Crippen LogP contribution in [0.4, 0.5) is 10.5 Å². The summed E-state index contributed by atoms with van der Waals surface area (Å²) >= 11 is 1.49. The van der Waals surface area contributed by atoms with Gasteiger partial charge in [-0.1, -0.05) is 60.3 Å². The van der Waals surface area contributed by atoms with Crippen LogP contribution < -0.4 is 5.32 Å². The fourth-order valence-corrected chi connectivity index (χ4v) is 3.71. The maximum absolute atomic E-state index is 11.9. The maximum Gasteiger partial charge on any atom is 0.411 e. The van der Waals surface area contributed by atoms with E-state index >= 15 is 0 Å². The van der Waals surface area contributed by atoms with Gasteiger partial charge in [0.05, 0.1) is 6.54 Å². The number of thioether (sulfide) groups is 1. The zero-order chi connectivity index (χ0) is 21.3. The number of carbonyl (C=O) groups excluding carboxylic acids is 1. The summed E-state index contributed by atoms with van der Waals surface area (Å²) in [5.74, 6) is 1.31. The van der Waals surface area contributed by atoms with Gasteiger partial charge < -0.3 is 4.74 Å². The molecule has 0 aliphatic rings. The highest BCUT2D eigenvalue weighted by Crippen LogP contribution is 2.24. The van der Waals surface area contributed by atoms with E-state index in [0.29, 0.717) is 18.0 Å². The number of hydrogen-bond donors (Lipinski definition) is 1. The van der Waals surface area contributed by atoms with E-state index in [1.165, 1.54) is 11.8 Å². The first-order chi connectivity index (χ1) is 15.3. The van der Waals surface area contributed by atoms with Crippen molar-refractivity contribution in [2.75, 3.05) is 17.7 Å². The highest BCUT2D eigenvalue weighted by molar-refractivity contribution is 7.99. The number of para-hydroxylation sites is 1. The van der Waals surface area contributed by atoms with E-state index in [1.54, 1.807) is 12.4 Å². The molecule has 156 valence electrons. The van der Waals surface area contributed by atoms with Gasteiger partial charge in [-0.25, -0.2) is 4.79 Å². The summed E-state index contributed by atoms with van der Waals surface area (Å²) in [6.45, 7) is 0.888. The molecule has 0 aliphatic heterocycles. The highest BCUT2D eigenvalue weighted by atomic mass is 32.2. The van der Waals surface area contributed by atoms with Gasteiger partial charge in [-0.05, 0) is 29.8 Å². The number of anilines is 1. The van der Waals surface area contributed by atoms with Gasteiger partial charge in [0.15, 0.2) is 11.0 Å². The van der Waals surface area contributed by atoms with Crippen LogP contribution in [0.1, 0.15) is 5.56 Å². The minimum absolute atomic E-state index is 0.254. The summed E-state index contributed by atoms with van der Waals surface area (Å²) in [6, 6.07) is 23.2. The molecular formula is C23H21N5O2S. The molecule has 1 N–H and O–H groups in total. The van der Waals surface area contributed by atoms with Crippen molar-refractivity contribution < 1.29 is 9.53 Å². The van der Waals surface area contributed by atoms with Gasteiger partial charge in [0, 0.05) is 29.4 Å². The normalized spacial score (nSPS) is 10.6. The van der Waals surface area contributed by atoms with Crippen molar-refractivity contribution in [1.29, 1.82) is 0 Å². The zero-order valence-electron chi connectivity index (χ0n) is 16.7. The molecule has 1 amide bonds. The van der Waals surface area contributed by atoms with Gasteiger partial charge in [0.1, 0.15) is 6.61 Å². The molecular weight excluding hydrogens is 410 g/mol. The van der Waals surface area contributed by atoms with Crippen LogP contribution in [0.15, 0.2) is 90.3 Å².